The first-order chi connectivity index (χ1) is 8.78. The maximum Gasteiger partial charge on any atom is 0.498 e. The Kier molecular flexibility index (Phi) is 3.93. The van der Waals surface area contributed by atoms with Gasteiger partial charge < -0.3 is 14.6 Å². The lowest BCUT2D eigenvalue weighted by molar-refractivity contribution is 0.00578. The minimum Gasteiger partial charge on any atom is -0.399 e. The fraction of sp³-hybridized carbons (Fsp3) is 0.615. The van der Waals surface area contributed by atoms with E-state index in [0.717, 1.165) is 11.2 Å². The van der Waals surface area contributed by atoms with E-state index in [9.17, 15) is 0 Å². The summed E-state index contributed by atoms with van der Waals surface area (Å²) in [7, 11) is 1.39. The lowest BCUT2D eigenvalue weighted by atomic mass is 9.77. The van der Waals surface area contributed by atoms with Gasteiger partial charge in [-0.15, -0.1) is 0 Å². The van der Waals surface area contributed by atoms with Crippen LogP contribution in [0.25, 0.3) is 0 Å². The standard InChI is InChI=1S/C13H20BClN2O2/c1-12(2)13(3,4)19-14(18-12)11-9(15)6-7-17-10(11)8-16-5/h6-7,16H,8H2,1-5H3. The van der Waals surface area contributed by atoms with Gasteiger partial charge in [0.25, 0.3) is 0 Å². The van der Waals surface area contributed by atoms with Gasteiger partial charge in [0.1, 0.15) is 0 Å². The zero-order chi connectivity index (χ0) is 14.3. The highest BCUT2D eigenvalue weighted by Gasteiger charge is 2.52. The monoisotopic (exact) mass is 282 g/mol. The van der Waals surface area contributed by atoms with E-state index in [1.165, 1.54) is 0 Å². The number of hydrogen-bond acceptors (Lipinski definition) is 4. The van der Waals surface area contributed by atoms with E-state index in [4.69, 9.17) is 20.9 Å². The summed E-state index contributed by atoms with van der Waals surface area (Å²) in [6.07, 6.45) is 1.70. The molecule has 1 saturated heterocycles. The molecular formula is C13H20BClN2O2. The Morgan fingerprint density at radius 1 is 1.26 bits per heavy atom. The predicted octanol–water partition coefficient (Wildman–Crippen LogP) is 1.75. The fourth-order valence-electron chi connectivity index (χ4n) is 2.01. The highest BCUT2D eigenvalue weighted by molar-refractivity contribution is 6.66. The van der Waals surface area contributed by atoms with Crippen molar-refractivity contribution >= 4 is 24.2 Å². The molecule has 2 heterocycles. The molecule has 0 saturated carbocycles. The molecule has 1 aromatic heterocycles. The Morgan fingerprint density at radius 3 is 2.37 bits per heavy atom. The smallest absolute Gasteiger partial charge is 0.399 e. The molecule has 1 N–H and O–H groups in total. The van der Waals surface area contributed by atoms with Crippen LogP contribution in [0.5, 0.6) is 0 Å². The molecule has 1 aromatic rings. The second kappa shape index (κ2) is 5.06. The lowest BCUT2D eigenvalue weighted by Gasteiger charge is -2.32. The maximum atomic E-state index is 6.30. The van der Waals surface area contributed by atoms with Gasteiger partial charge in [-0.05, 0) is 40.8 Å². The number of rotatable bonds is 3. The summed E-state index contributed by atoms with van der Waals surface area (Å²) in [4.78, 5) is 4.36. The van der Waals surface area contributed by atoms with Gasteiger partial charge in [-0.25, -0.2) is 0 Å². The molecule has 6 heteroatoms. The van der Waals surface area contributed by atoms with Crippen molar-refractivity contribution in [3.8, 4) is 0 Å². The van der Waals surface area contributed by atoms with Crippen LogP contribution in [-0.4, -0.2) is 30.4 Å². The number of aromatic nitrogens is 1. The van der Waals surface area contributed by atoms with Gasteiger partial charge >= 0.3 is 7.12 Å². The molecule has 0 radical (unpaired) electrons. The first-order valence-electron chi connectivity index (χ1n) is 6.42. The third kappa shape index (κ3) is 2.65. The maximum absolute atomic E-state index is 6.30. The van der Waals surface area contributed by atoms with Crippen molar-refractivity contribution in [1.29, 1.82) is 0 Å². The largest absolute Gasteiger partial charge is 0.498 e. The molecule has 4 nitrogen and oxygen atoms in total. The van der Waals surface area contributed by atoms with Crippen LogP contribution >= 0.6 is 11.6 Å². The highest BCUT2D eigenvalue weighted by atomic mass is 35.5. The predicted molar refractivity (Wildman–Crippen MR) is 77.7 cm³/mol. The van der Waals surface area contributed by atoms with E-state index in [0.29, 0.717) is 11.6 Å². The number of pyridine rings is 1. The average molecular weight is 283 g/mol. The molecule has 0 unspecified atom stereocenters. The Balaban J connectivity index is 2.39. The van der Waals surface area contributed by atoms with Gasteiger partial charge in [0.2, 0.25) is 0 Å². The van der Waals surface area contributed by atoms with Gasteiger partial charge in [-0.2, -0.15) is 0 Å². The third-order valence-electron chi connectivity index (χ3n) is 3.85. The zero-order valence-corrected chi connectivity index (χ0v) is 12.8. The molecule has 0 bridgehead atoms. The summed E-state index contributed by atoms with van der Waals surface area (Å²) in [6, 6.07) is 1.76. The molecule has 1 aliphatic rings. The quantitative estimate of drug-likeness (QED) is 0.858. The number of nitrogens with one attached hydrogen (secondary N) is 1. The summed E-state index contributed by atoms with van der Waals surface area (Å²) < 4.78 is 12.1. The Morgan fingerprint density at radius 2 is 1.84 bits per heavy atom. The van der Waals surface area contributed by atoms with Crippen LogP contribution in [-0.2, 0) is 15.9 Å². The summed E-state index contributed by atoms with van der Waals surface area (Å²) in [5.41, 5.74) is 0.910. The summed E-state index contributed by atoms with van der Waals surface area (Å²) in [5, 5.41) is 3.71. The zero-order valence-electron chi connectivity index (χ0n) is 12.1. The van der Waals surface area contributed by atoms with Crippen molar-refractivity contribution < 1.29 is 9.31 Å². The Bertz CT molecular complexity index is 464. The van der Waals surface area contributed by atoms with Crippen LogP contribution in [0.3, 0.4) is 0 Å². The van der Waals surface area contributed by atoms with E-state index in [2.05, 4.69) is 10.3 Å². The van der Waals surface area contributed by atoms with Crippen LogP contribution in [0.15, 0.2) is 12.3 Å². The molecule has 0 amide bonds. The second-order valence-electron chi connectivity index (χ2n) is 5.77. The Labute approximate surface area is 120 Å². The number of nitrogens with zero attached hydrogens (tertiary/aromatic N) is 1. The number of hydrogen-bond donors (Lipinski definition) is 1. The van der Waals surface area contributed by atoms with Gasteiger partial charge in [0.15, 0.2) is 0 Å². The third-order valence-corrected chi connectivity index (χ3v) is 4.18. The van der Waals surface area contributed by atoms with E-state index in [1.807, 2.05) is 34.7 Å². The van der Waals surface area contributed by atoms with Gasteiger partial charge in [-0.1, -0.05) is 11.6 Å². The summed E-state index contributed by atoms with van der Waals surface area (Å²) >= 11 is 6.30. The van der Waals surface area contributed by atoms with Crippen LogP contribution in [0, 0.1) is 0 Å². The van der Waals surface area contributed by atoms with E-state index in [-0.39, 0.29) is 11.2 Å². The van der Waals surface area contributed by atoms with E-state index < -0.39 is 7.12 Å². The number of halogens is 1. The van der Waals surface area contributed by atoms with Crippen molar-refractivity contribution in [1.82, 2.24) is 10.3 Å². The molecule has 0 aliphatic carbocycles. The molecule has 0 spiro atoms. The minimum atomic E-state index is -0.477. The van der Waals surface area contributed by atoms with Crippen molar-refractivity contribution in [2.24, 2.45) is 0 Å². The van der Waals surface area contributed by atoms with Gasteiger partial charge in [-0.3, -0.25) is 4.98 Å². The molecule has 0 atom stereocenters. The molecule has 19 heavy (non-hydrogen) atoms. The van der Waals surface area contributed by atoms with Gasteiger partial charge in [0, 0.05) is 23.2 Å². The molecule has 104 valence electrons. The lowest BCUT2D eigenvalue weighted by Crippen LogP contribution is -2.41. The first kappa shape index (κ1) is 14.8. The molecule has 0 aromatic carbocycles. The van der Waals surface area contributed by atoms with E-state index >= 15 is 0 Å². The SMILES string of the molecule is CNCc1nccc(Cl)c1B1OC(C)(C)C(C)(C)O1. The second-order valence-corrected chi connectivity index (χ2v) is 6.18. The van der Waals surface area contributed by atoms with Crippen molar-refractivity contribution in [3.05, 3.63) is 23.0 Å². The van der Waals surface area contributed by atoms with Crippen molar-refractivity contribution in [3.63, 3.8) is 0 Å². The topological polar surface area (TPSA) is 43.4 Å². The summed E-state index contributed by atoms with van der Waals surface area (Å²) in [5.74, 6) is 0. The minimum absolute atomic E-state index is 0.381. The normalized spacial score (nSPS) is 20.8. The van der Waals surface area contributed by atoms with Crippen LogP contribution in [0.2, 0.25) is 5.02 Å². The summed E-state index contributed by atoms with van der Waals surface area (Å²) in [6.45, 7) is 8.72. The van der Waals surface area contributed by atoms with Crippen molar-refractivity contribution in [2.75, 3.05) is 7.05 Å². The fourth-order valence-corrected chi connectivity index (χ4v) is 2.26. The molecule has 1 fully saturated rings. The van der Waals surface area contributed by atoms with Crippen LogP contribution < -0.4 is 10.8 Å². The first-order valence-corrected chi connectivity index (χ1v) is 6.80. The average Bonchev–Trinajstić information content (AvgIpc) is 2.48. The molecule has 2 rings (SSSR count). The Hall–Kier alpha value is -0.615. The van der Waals surface area contributed by atoms with Gasteiger partial charge in [0.05, 0.1) is 16.9 Å². The van der Waals surface area contributed by atoms with Crippen LogP contribution in [0.1, 0.15) is 33.4 Å². The molecule has 1 aliphatic heterocycles. The highest BCUT2D eigenvalue weighted by Crippen LogP contribution is 2.37. The van der Waals surface area contributed by atoms with E-state index in [1.54, 1.807) is 12.3 Å². The van der Waals surface area contributed by atoms with Crippen LogP contribution in [0.4, 0.5) is 0 Å². The molecular weight excluding hydrogens is 262 g/mol. The van der Waals surface area contributed by atoms with Crippen molar-refractivity contribution in [2.45, 2.75) is 45.4 Å².